The van der Waals surface area contributed by atoms with E-state index in [4.69, 9.17) is 9.47 Å². The number of thioether (sulfide) groups is 1. The van der Waals surface area contributed by atoms with Crippen LogP contribution in [0.5, 0.6) is 11.5 Å². The summed E-state index contributed by atoms with van der Waals surface area (Å²) in [6.07, 6.45) is 1.82. The van der Waals surface area contributed by atoms with Crippen molar-refractivity contribution in [2.24, 2.45) is 4.99 Å². The van der Waals surface area contributed by atoms with Crippen LogP contribution in [0.3, 0.4) is 0 Å². The van der Waals surface area contributed by atoms with E-state index in [0.29, 0.717) is 28.2 Å². The molecule has 1 N–H and O–H groups in total. The SMILES string of the molecule is COc1cc(/C=C2/SC(=Nc3ccccc3)NC2=O)ccc1OCc1ccccc1. The molecule has 5 nitrogen and oxygen atoms in total. The molecular weight excluding hydrogens is 396 g/mol. The first-order chi connectivity index (χ1) is 14.7. The highest BCUT2D eigenvalue weighted by Gasteiger charge is 2.24. The average molecular weight is 417 g/mol. The first-order valence-electron chi connectivity index (χ1n) is 9.41. The summed E-state index contributed by atoms with van der Waals surface area (Å²) in [7, 11) is 1.60. The molecule has 1 amide bonds. The van der Waals surface area contributed by atoms with Crippen LogP contribution in [0, 0.1) is 0 Å². The number of ether oxygens (including phenoxy) is 2. The van der Waals surface area contributed by atoms with E-state index in [1.54, 1.807) is 7.11 Å². The van der Waals surface area contributed by atoms with E-state index in [0.717, 1.165) is 16.8 Å². The lowest BCUT2D eigenvalue weighted by atomic mass is 10.2. The largest absolute Gasteiger partial charge is 0.493 e. The van der Waals surface area contributed by atoms with Gasteiger partial charge < -0.3 is 14.8 Å². The van der Waals surface area contributed by atoms with Crippen LogP contribution in [0.25, 0.3) is 6.08 Å². The second-order valence-corrected chi connectivity index (χ2v) is 7.53. The number of rotatable bonds is 6. The monoisotopic (exact) mass is 416 g/mol. The first-order valence-corrected chi connectivity index (χ1v) is 10.2. The van der Waals surface area contributed by atoms with Gasteiger partial charge in [0, 0.05) is 0 Å². The Labute approximate surface area is 179 Å². The Morgan fingerprint density at radius 2 is 1.70 bits per heavy atom. The maximum absolute atomic E-state index is 12.3. The second kappa shape index (κ2) is 9.33. The van der Waals surface area contributed by atoms with E-state index in [2.05, 4.69) is 10.3 Å². The van der Waals surface area contributed by atoms with Crippen LogP contribution >= 0.6 is 11.8 Å². The Balaban J connectivity index is 1.49. The molecule has 3 aromatic carbocycles. The Kier molecular flexibility index (Phi) is 6.15. The molecular formula is C24H20N2O3S. The zero-order valence-corrected chi connectivity index (χ0v) is 17.2. The Bertz CT molecular complexity index is 1100. The van der Waals surface area contributed by atoms with Crippen molar-refractivity contribution in [2.75, 3.05) is 7.11 Å². The van der Waals surface area contributed by atoms with E-state index >= 15 is 0 Å². The lowest BCUT2D eigenvalue weighted by molar-refractivity contribution is -0.115. The summed E-state index contributed by atoms with van der Waals surface area (Å²) in [6, 6.07) is 25.1. The van der Waals surface area contributed by atoms with Crippen molar-refractivity contribution in [3.05, 3.63) is 94.9 Å². The summed E-state index contributed by atoms with van der Waals surface area (Å²) >= 11 is 1.31. The van der Waals surface area contributed by atoms with Crippen molar-refractivity contribution < 1.29 is 14.3 Å². The van der Waals surface area contributed by atoms with E-state index in [-0.39, 0.29) is 5.91 Å². The van der Waals surface area contributed by atoms with Crippen molar-refractivity contribution in [3.8, 4) is 11.5 Å². The van der Waals surface area contributed by atoms with E-state index in [1.807, 2.05) is 84.9 Å². The fraction of sp³-hybridized carbons (Fsp3) is 0.0833. The number of hydrogen-bond donors (Lipinski definition) is 1. The van der Waals surface area contributed by atoms with Crippen LogP contribution in [-0.4, -0.2) is 18.2 Å². The number of benzene rings is 3. The smallest absolute Gasteiger partial charge is 0.264 e. The number of nitrogens with zero attached hydrogens (tertiary/aromatic N) is 1. The zero-order valence-electron chi connectivity index (χ0n) is 16.4. The zero-order chi connectivity index (χ0) is 20.8. The third-order valence-corrected chi connectivity index (χ3v) is 5.27. The molecule has 1 aliphatic rings. The quantitative estimate of drug-likeness (QED) is 0.564. The summed E-state index contributed by atoms with van der Waals surface area (Å²) in [6.45, 7) is 0.454. The van der Waals surface area contributed by atoms with Gasteiger partial charge in [-0.15, -0.1) is 0 Å². The first kappa shape index (κ1) is 19.8. The van der Waals surface area contributed by atoms with Gasteiger partial charge in [-0.05, 0) is 53.2 Å². The van der Waals surface area contributed by atoms with Gasteiger partial charge in [0.05, 0.1) is 17.7 Å². The molecule has 0 aromatic heterocycles. The van der Waals surface area contributed by atoms with E-state index in [1.165, 1.54) is 11.8 Å². The number of hydrogen-bond acceptors (Lipinski definition) is 5. The molecule has 1 fully saturated rings. The Hall–Kier alpha value is -3.51. The van der Waals surface area contributed by atoms with Crippen LogP contribution in [0.2, 0.25) is 0 Å². The highest BCUT2D eigenvalue weighted by Crippen LogP contribution is 2.32. The van der Waals surface area contributed by atoms with Crippen molar-refractivity contribution in [3.63, 3.8) is 0 Å². The van der Waals surface area contributed by atoms with Gasteiger partial charge in [0.2, 0.25) is 0 Å². The lowest BCUT2D eigenvalue weighted by Crippen LogP contribution is -2.19. The predicted molar refractivity (Wildman–Crippen MR) is 121 cm³/mol. The summed E-state index contributed by atoms with van der Waals surface area (Å²) in [4.78, 5) is 17.4. The number of aliphatic imine (C=N–C) groups is 1. The minimum absolute atomic E-state index is 0.168. The maximum atomic E-state index is 12.3. The van der Waals surface area contributed by atoms with Gasteiger partial charge in [-0.3, -0.25) is 4.79 Å². The normalized spacial score (nSPS) is 16.0. The fourth-order valence-electron chi connectivity index (χ4n) is 2.88. The standard InChI is InChI=1S/C24H20N2O3S/c1-28-21-14-18(12-13-20(21)29-16-17-8-4-2-5-9-17)15-22-23(27)26-24(30-22)25-19-10-6-3-7-11-19/h2-15H,16H2,1H3,(H,25,26,27)/b22-15+. The Morgan fingerprint density at radius 3 is 2.43 bits per heavy atom. The Morgan fingerprint density at radius 1 is 0.967 bits per heavy atom. The van der Waals surface area contributed by atoms with Crippen LogP contribution in [-0.2, 0) is 11.4 Å². The molecule has 0 atom stereocenters. The number of carbonyl (C=O) groups is 1. The topological polar surface area (TPSA) is 59.9 Å². The average Bonchev–Trinajstić information content (AvgIpc) is 3.12. The third-order valence-electron chi connectivity index (χ3n) is 4.36. The number of carbonyl (C=O) groups excluding carboxylic acids is 1. The van der Waals surface area contributed by atoms with E-state index < -0.39 is 0 Å². The van der Waals surface area contributed by atoms with Crippen molar-refractivity contribution in [1.29, 1.82) is 0 Å². The van der Waals surface area contributed by atoms with E-state index in [9.17, 15) is 4.79 Å². The number of para-hydroxylation sites is 1. The van der Waals surface area contributed by atoms with Crippen LogP contribution in [0.1, 0.15) is 11.1 Å². The van der Waals surface area contributed by atoms with Gasteiger partial charge >= 0.3 is 0 Å². The lowest BCUT2D eigenvalue weighted by Gasteiger charge is -2.11. The molecule has 6 heteroatoms. The van der Waals surface area contributed by atoms with Crippen LogP contribution in [0.4, 0.5) is 5.69 Å². The molecule has 4 rings (SSSR count). The summed E-state index contributed by atoms with van der Waals surface area (Å²) in [5.74, 6) is 1.10. The summed E-state index contributed by atoms with van der Waals surface area (Å²) < 4.78 is 11.4. The predicted octanol–water partition coefficient (Wildman–Crippen LogP) is 5.17. The molecule has 0 spiro atoms. The van der Waals surface area contributed by atoms with Gasteiger partial charge in [-0.2, -0.15) is 0 Å². The molecule has 1 saturated heterocycles. The number of amides is 1. The highest BCUT2D eigenvalue weighted by atomic mass is 32.2. The molecule has 3 aromatic rings. The van der Waals surface area contributed by atoms with Crippen molar-refractivity contribution in [1.82, 2.24) is 5.32 Å². The second-order valence-electron chi connectivity index (χ2n) is 6.50. The van der Waals surface area contributed by atoms with Gasteiger partial charge in [0.15, 0.2) is 16.7 Å². The molecule has 0 unspecified atom stereocenters. The minimum Gasteiger partial charge on any atom is -0.493 e. The van der Waals surface area contributed by atoms with Crippen molar-refractivity contribution >= 4 is 34.6 Å². The summed E-state index contributed by atoms with van der Waals surface area (Å²) in [5.41, 5.74) is 2.72. The molecule has 30 heavy (non-hydrogen) atoms. The molecule has 0 saturated carbocycles. The molecule has 0 radical (unpaired) electrons. The number of methoxy groups -OCH3 is 1. The van der Waals surface area contributed by atoms with Crippen molar-refractivity contribution in [2.45, 2.75) is 6.61 Å². The number of amidine groups is 1. The third kappa shape index (κ3) is 4.90. The van der Waals surface area contributed by atoms with Gasteiger partial charge in [0.25, 0.3) is 5.91 Å². The number of nitrogens with one attached hydrogen (secondary N) is 1. The minimum atomic E-state index is -0.168. The van der Waals surface area contributed by atoms with Gasteiger partial charge in [0.1, 0.15) is 6.61 Å². The maximum Gasteiger partial charge on any atom is 0.264 e. The van der Waals surface area contributed by atoms with Gasteiger partial charge in [-0.25, -0.2) is 4.99 Å². The van der Waals surface area contributed by atoms with Gasteiger partial charge in [-0.1, -0.05) is 54.6 Å². The molecule has 150 valence electrons. The summed E-state index contributed by atoms with van der Waals surface area (Å²) in [5, 5.41) is 3.36. The molecule has 1 heterocycles. The molecule has 1 aliphatic heterocycles. The fourth-order valence-corrected chi connectivity index (χ4v) is 3.72. The highest BCUT2D eigenvalue weighted by molar-refractivity contribution is 8.18. The molecule has 0 aliphatic carbocycles. The molecule has 0 bridgehead atoms. The van der Waals surface area contributed by atoms with Crippen LogP contribution in [0.15, 0.2) is 88.8 Å². The van der Waals surface area contributed by atoms with Crippen LogP contribution < -0.4 is 14.8 Å².